The summed E-state index contributed by atoms with van der Waals surface area (Å²) in [6.07, 6.45) is 9.05. The van der Waals surface area contributed by atoms with Gasteiger partial charge >= 0.3 is 0 Å². The molecular formula is C23H25N3. The number of nitrogens with zero attached hydrogens (tertiary/aromatic N) is 1. The molecule has 5 rings (SSSR count). The Balaban J connectivity index is 1.26. The Kier molecular flexibility index (Phi) is 3.90. The first-order valence-electron chi connectivity index (χ1n) is 9.72. The van der Waals surface area contributed by atoms with Gasteiger partial charge in [0.05, 0.1) is 6.20 Å². The van der Waals surface area contributed by atoms with Crippen LogP contribution in [0.2, 0.25) is 0 Å². The van der Waals surface area contributed by atoms with Crippen molar-refractivity contribution in [2.24, 2.45) is 0 Å². The topological polar surface area (TPSA) is 40.7 Å². The molecule has 0 bridgehead atoms. The summed E-state index contributed by atoms with van der Waals surface area (Å²) in [5.74, 6) is 0.705. The van der Waals surface area contributed by atoms with Gasteiger partial charge in [0.2, 0.25) is 0 Å². The third-order valence-electron chi connectivity index (χ3n) is 6.36. The lowest BCUT2D eigenvalue weighted by atomic mass is 9.64. The zero-order valence-corrected chi connectivity index (χ0v) is 15.0. The summed E-state index contributed by atoms with van der Waals surface area (Å²) in [5, 5.41) is 10.8. The fourth-order valence-corrected chi connectivity index (χ4v) is 4.41. The molecular weight excluding hydrogens is 318 g/mol. The molecule has 1 heterocycles. The fourth-order valence-electron chi connectivity index (χ4n) is 4.41. The number of aromatic nitrogens is 2. The van der Waals surface area contributed by atoms with E-state index in [1.807, 2.05) is 12.4 Å². The molecule has 2 fully saturated rings. The molecule has 2 aromatic carbocycles. The zero-order chi connectivity index (χ0) is 17.4. The Morgan fingerprint density at radius 3 is 2.46 bits per heavy atom. The lowest BCUT2D eigenvalue weighted by Gasteiger charge is -2.43. The average Bonchev–Trinajstić information content (AvgIpc) is 3.23. The van der Waals surface area contributed by atoms with Gasteiger partial charge in [-0.2, -0.15) is 5.10 Å². The van der Waals surface area contributed by atoms with E-state index in [2.05, 4.69) is 70.1 Å². The number of H-pyrrole nitrogens is 1. The molecule has 0 radical (unpaired) electrons. The minimum Gasteiger partial charge on any atom is -0.312 e. The van der Waals surface area contributed by atoms with Gasteiger partial charge in [-0.25, -0.2) is 0 Å². The Morgan fingerprint density at radius 2 is 1.81 bits per heavy atom. The van der Waals surface area contributed by atoms with Gasteiger partial charge in [0, 0.05) is 35.7 Å². The molecule has 0 amide bonds. The summed E-state index contributed by atoms with van der Waals surface area (Å²) in [5.41, 5.74) is 5.69. The van der Waals surface area contributed by atoms with Crippen molar-refractivity contribution in [2.45, 2.75) is 43.1 Å². The molecule has 1 aromatic heterocycles. The highest BCUT2D eigenvalue weighted by molar-refractivity contribution is 5.62. The van der Waals surface area contributed by atoms with Crippen molar-refractivity contribution in [1.29, 1.82) is 0 Å². The Labute approximate surface area is 154 Å². The van der Waals surface area contributed by atoms with Crippen LogP contribution in [-0.4, -0.2) is 22.8 Å². The maximum atomic E-state index is 4.05. The second-order valence-electron chi connectivity index (χ2n) is 7.94. The van der Waals surface area contributed by atoms with Gasteiger partial charge in [0.1, 0.15) is 0 Å². The minimum atomic E-state index is 0.332. The van der Waals surface area contributed by atoms with Gasteiger partial charge in [-0.3, -0.25) is 5.10 Å². The monoisotopic (exact) mass is 343 g/mol. The lowest BCUT2D eigenvalue weighted by molar-refractivity contribution is 0.232. The summed E-state index contributed by atoms with van der Waals surface area (Å²) in [6.45, 7) is 1.10. The third-order valence-corrected chi connectivity index (χ3v) is 6.36. The van der Waals surface area contributed by atoms with Crippen molar-refractivity contribution < 1.29 is 0 Å². The number of aromatic amines is 1. The van der Waals surface area contributed by atoms with Crippen LogP contribution in [0.1, 0.15) is 42.7 Å². The summed E-state index contributed by atoms with van der Waals surface area (Å²) in [6, 6.07) is 20.7. The highest BCUT2D eigenvalue weighted by Crippen LogP contribution is 2.46. The van der Waals surface area contributed by atoms with Crippen molar-refractivity contribution in [3.05, 3.63) is 78.1 Å². The quantitative estimate of drug-likeness (QED) is 0.684. The number of hydrogen-bond acceptors (Lipinski definition) is 2. The van der Waals surface area contributed by atoms with Crippen molar-refractivity contribution >= 4 is 0 Å². The maximum absolute atomic E-state index is 4.05. The summed E-state index contributed by atoms with van der Waals surface area (Å²) < 4.78 is 0. The van der Waals surface area contributed by atoms with Crippen LogP contribution in [0.4, 0.5) is 0 Å². The van der Waals surface area contributed by atoms with Crippen LogP contribution in [-0.2, 0) is 5.41 Å². The van der Waals surface area contributed by atoms with E-state index in [9.17, 15) is 0 Å². The predicted octanol–water partition coefficient (Wildman–Crippen LogP) is 4.64. The van der Waals surface area contributed by atoms with Crippen LogP contribution in [0.3, 0.4) is 0 Å². The van der Waals surface area contributed by atoms with Crippen LogP contribution in [0.5, 0.6) is 0 Å². The first-order valence-corrected chi connectivity index (χ1v) is 9.72. The number of nitrogens with one attached hydrogen (secondary N) is 2. The predicted molar refractivity (Wildman–Crippen MR) is 105 cm³/mol. The normalized spacial score (nSPS) is 23.4. The Morgan fingerprint density at radius 1 is 1.00 bits per heavy atom. The smallest absolute Gasteiger partial charge is 0.0565 e. The van der Waals surface area contributed by atoms with E-state index in [1.165, 1.54) is 42.4 Å². The number of benzene rings is 2. The van der Waals surface area contributed by atoms with Gasteiger partial charge in [-0.15, -0.1) is 0 Å². The van der Waals surface area contributed by atoms with Crippen molar-refractivity contribution in [3.8, 4) is 11.1 Å². The van der Waals surface area contributed by atoms with E-state index in [0.717, 1.165) is 12.1 Å². The van der Waals surface area contributed by atoms with Crippen LogP contribution >= 0.6 is 0 Å². The molecule has 2 saturated carbocycles. The molecule has 3 heteroatoms. The van der Waals surface area contributed by atoms with Crippen LogP contribution in [0, 0.1) is 0 Å². The van der Waals surface area contributed by atoms with E-state index in [4.69, 9.17) is 0 Å². The standard InChI is InChI=1S/C23H25N3/c1-2-5-18(6-3-1)21-13-22(21)24-16-23(11-4-12-23)20-9-7-17(8-10-20)19-14-25-26-15-19/h1-3,5-10,14-15,21-22,24H,4,11-13,16H2,(H,25,26)/t21?,22-/m0/s1. The second-order valence-corrected chi connectivity index (χ2v) is 7.94. The maximum Gasteiger partial charge on any atom is 0.0565 e. The molecule has 1 unspecified atom stereocenters. The Hall–Kier alpha value is -2.39. The lowest BCUT2D eigenvalue weighted by Crippen LogP contribution is -2.44. The molecule has 0 aliphatic heterocycles. The second kappa shape index (κ2) is 6.40. The van der Waals surface area contributed by atoms with Crippen molar-refractivity contribution in [1.82, 2.24) is 15.5 Å². The van der Waals surface area contributed by atoms with Crippen LogP contribution < -0.4 is 5.32 Å². The highest BCUT2D eigenvalue weighted by atomic mass is 15.1. The molecule has 3 nitrogen and oxygen atoms in total. The molecule has 0 spiro atoms. The molecule has 2 aliphatic carbocycles. The van der Waals surface area contributed by atoms with E-state index < -0.39 is 0 Å². The molecule has 0 saturated heterocycles. The highest BCUT2D eigenvalue weighted by Gasteiger charge is 2.43. The third kappa shape index (κ3) is 2.86. The fraction of sp³-hybridized carbons (Fsp3) is 0.348. The van der Waals surface area contributed by atoms with Gasteiger partial charge in [0.15, 0.2) is 0 Å². The van der Waals surface area contributed by atoms with Crippen molar-refractivity contribution in [2.75, 3.05) is 6.54 Å². The molecule has 2 N–H and O–H groups in total. The summed E-state index contributed by atoms with van der Waals surface area (Å²) in [7, 11) is 0. The summed E-state index contributed by atoms with van der Waals surface area (Å²) in [4.78, 5) is 0. The molecule has 2 atom stereocenters. The first kappa shape index (κ1) is 15.8. The molecule has 3 aromatic rings. The molecule has 26 heavy (non-hydrogen) atoms. The van der Waals surface area contributed by atoms with Gasteiger partial charge in [0.25, 0.3) is 0 Å². The minimum absolute atomic E-state index is 0.332. The largest absolute Gasteiger partial charge is 0.312 e. The Bertz CT molecular complexity index is 848. The van der Waals surface area contributed by atoms with Gasteiger partial charge in [-0.1, -0.05) is 61.0 Å². The van der Waals surface area contributed by atoms with E-state index in [1.54, 1.807) is 0 Å². The van der Waals surface area contributed by atoms with Gasteiger partial charge in [-0.05, 0) is 36.0 Å². The van der Waals surface area contributed by atoms with E-state index in [-0.39, 0.29) is 0 Å². The van der Waals surface area contributed by atoms with Crippen LogP contribution in [0.15, 0.2) is 67.0 Å². The van der Waals surface area contributed by atoms with Crippen LogP contribution in [0.25, 0.3) is 11.1 Å². The first-order chi connectivity index (χ1) is 12.8. The molecule has 132 valence electrons. The van der Waals surface area contributed by atoms with Gasteiger partial charge < -0.3 is 5.32 Å². The number of hydrogen-bond donors (Lipinski definition) is 2. The SMILES string of the molecule is c1ccc(C2C[C@@H]2NCC2(c3ccc(-c4cn[nH]c4)cc3)CCC2)cc1. The summed E-state index contributed by atoms with van der Waals surface area (Å²) >= 11 is 0. The zero-order valence-electron chi connectivity index (χ0n) is 15.0. The average molecular weight is 343 g/mol. The van der Waals surface area contributed by atoms with E-state index in [0.29, 0.717) is 17.4 Å². The van der Waals surface area contributed by atoms with E-state index >= 15 is 0 Å². The molecule has 2 aliphatic rings. The number of rotatable bonds is 6. The van der Waals surface area contributed by atoms with Crippen molar-refractivity contribution in [3.63, 3.8) is 0 Å².